The third-order valence-corrected chi connectivity index (χ3v) is 5.15. The van der Waals surface area contributed by atoms with Crippen molar-refractivity contribution in [2.45, 2.75) is 51.6 Å². The minimum atomic E-state index is 0.547. The number of fused-ring (bicyclic) bond motifs is 5. The van der Waals surface area contributed by atoms with E-state index in [1.807, 2.05) is 0 Å². The maximum atomic E-state index is 2.73. The van der Waals surface area contributed by atoms with Gasteiger partial charge in [-0.25, -0.2) is 0 Å². The average molecular weight is 268 g/mol. The van der Waals surface area contributed by atoms with Gasteiger partial charge in [-0.1, -0.05) is 24.6 Å². The zero-order chi connectivity index (χ0) is 13.7. The van der Waals surface area contributed by atoms with Crippen molar-refractivity contribution < 1.29 is 0 Å². The molecule has 1 saturated heterocycles. The van der Waals surface area contributed by atoms with E-state index in [4.69, 9.17) is 0 Å². The van der Waals surface area contributed by atoms with Gasteiger partial charge in [-0.3, -0.25) is 4.90 Å². The highest BCUT2D eigenvalue weighted by molar-refractivity contribution is 5.86. The fraction of sp³-hybridized carbons (Fsp3) is 0.556. The summed E-state index contributed by atoms with van der Waals surface area (Å²) in [6.45, 7) is 7.20. The normalized spacial score (nSPS) is 23.1. The van der Waals surface area contributed by atoms with Crippen LogP contribution in [0.4, 0.5) is 0 Å². The number of hydrogen-bond acceptors (Lipinski definition) is 1. The summed E-state index contributed by atoms with van der Waals surface area (Å²) in [5.74, 6) is 0. The zero-order valence-electron chi connectivity index (χ0n) is 12.6. The topological polar surface area (TPSA) is 8.17 Å². The van der Waals surface area contributed by atoms with E-state index >= 15 is 0 Å². The maximum absolute atomic E-state index is 2.73. The van der Waals surface area contributed by atoms with E-state index < -0.39 is 0 Å². The van der Waals surface area contributed by atoms with E-state index in [0.29, 0.717) is 12.1 Å². The fourth-order valence-corrected chi connectivity index (χ4v) is 4.36. The quantitative estimate of drug-likeness (QED) is 0.748. The summed E-state index contributed by atoms with van der Waals surface area (Å²) in [4.78, 5) is 2.73. The molecule has 3 heterocycles. The number of hydrogen-bond donors (Lipinski definition) is 0. The van der Waals surface area contributed by atoms with Crippen molar-refractivity contribution >= 4 is 10.9 Å². The van der Waals surface area contributed by atoms with Crippen molar-refractivity contribution in [3.63, 3.8) is 0 Å². The molecule has 1 fully saturated rings. The minimum Gasteiger partial charge on any atom is -0.340 e. The van der Waals surface area contributed by atoms with Crippen LogP contribution in [0, 0.1) is 0 Å². The molecule has 2 aromatic rings. The minimum absolute atomic E-state index is 0.547. The summed E-state index contributed by atoms with van der Waals surface area (Å²) in [6.07, 6.45) is 5.34. The van der Waals surface area contributed by atoms with Crippen molar-refractivity contribution in [1.29, 1.82) is 0 Å². The van der Waals surface area contributed by atoms with Gasteiger partial charge in [-0.05, 0) is 51.3 Å². The third kappa shape index (κ3) is 1.67. The number of rotatable bonds is 1. The Balaban J connectivity index is 1.99. The first kappa shape index (κ1) is 12.5. The number of aromatic nitrogens is 1. The van der Waals surface area contributed by atoms with E-state index in [0.717, 1.165) is 0 Å². The lowest BCUT2D eigenvalue weighted by Gasteiger charge is -2.40. The van der Waals surface area contributed by atoms with Gasteiger partial charge < -0.3 is 4.57 Å². The average Bonchev–Trinajstić information content (AvgIpc) is 2.82. The van der Waals surface area contributed by atoms with Gasteiger partial charge in [-0.15, -0.1) is 0 Å². The summed E-state index contributed by atoms with van der Waals surface area (Å²) in [5.41, 5.74) is 4.71. The number of para-hydroxylation sites is 1. The fourth-order valence-electron chi connectivity index (χ4n) is 4.36. The molecule has 1 unspecified atom stereocenters. The summed E-state index contributed by atoms with van der Waals surface area (Å²) < 4.78 is 2.62. The third-order valence-electron chi connectivity index (χ3n) is 5.15. The lowest BCUT2D eigenvalue weighted by molar-refractivity contribution is 0.131. The van der Waals surface area contributed by atoms with E-state index in [1.165, 1.54) is 49.7 Å². The van der Waals surface area contributed by atoms with Gasteiger partial charge in [0.1, 0.15) is 0 Å². The lowest BCUT2D eigenvalue weighted by atomic mass is 9.90. The van der Waals surface area contributed by atoms with Gasteiger partial charge in [0.2, 0.25) is 0 Å². The molecule has 2 heteroatoms. The molecule has 0 bridgehead atoms. The van der Waals surface area contributed by atoms with E-state index in [2.05, 4.69) is 47.6 Å². The Morgan fingerprint density at radius 2 is 1.95 bits per heavy atom. The van der Waals surface area contributed by atoms with Crippen LogP contribution >= 0.6 is 0 Å². The Morgan fingerprint density at radius 3 is 2.80 bits per heavy atom. The van der Waals surface area contributed by atoms with Crippen LogP contribution in [0.25, 0.3) is 10.9 Å². The summed E-state index contributed by atoms with van der Waals surface area (Å²) in [7, 11) is 0. The molecule has 106 valence electrons. The van der Waals surface area contributed by atoms with Crippen LogP contribution < -0.4 is 0 Å². The number of benzene rings is 1. The predicted molar refractivity (Wildman–Crippen MR) is 84.2 cm³/mol. The molecule has 2 nitrogen and oxygen atoms in total. The highest BCUT2D eigenvalue weighted by atomic mass is 15.2. The molecule has 2 aliphatic heterocycles. The van der Waals surface area contributed by atoms with Gasteiger partial charge in [0.25, 0.3) is 0 Å². The Hall–Kier alpha value is -1.28. The van der Waals surface area contributed by atoms with Crippen LogP contribution in [0.15, 0.2) is 24.3 Å². The van der Waals surface area contributed by atoms with Gasteiger partial charge >= 0.3 is 0 Å². The van der Waals surface area contributed by atoms with Gasteiger partial charge in [0, 0.05) is 29.2 Å². The van der Waals surface area contributed by atoms with Gasteiger partial charge in [-0.2, -0.15) is 0 Å². The molecule has 0 N–H and O–H groups in total. The van der Waals surface area contributed by atoms with Crippen LogP contribution in [-0.4, -0.2) is 22.6 Å². The Morgan fingerprint density at radius 1 is 1.10 bits per heavy atom. The molecule has 4 rings (SSSR count). The second-order valence-electron chi connectivity index (χ2n) is 6.64. The van der Waals surface area contributed by atoms with Crippen molar-refractivity contribution in [2.75, 3.05) is 13.1 Å². The Bertz CT molecular complexity index is 638. The van der Waals surface area contributed by atoms with Crippen LogP contribution in [0.1, 0.15) is 56.5 Å². The smallest absolute Gasteiger partial charge is 0.0503 e. The monoisotopic (exact) mass is 268 g/mol. The Labute approximate surface area is 121 Å². The standard InChI is InChI=1S/C18H24N2/c1-13(2)20-16-8-4-3-7-14(16)15-10-12-19-11-6-5-9-17(19)18(15)20/h3-4,7-8,13,17H,5-6,9-12H2,1-2H3. The molecule has 0 aliphatic carbocycles. The second kappa shape index (κ2) is 4.63. The molecular weight excluding hydrogens is 244 g/mol. The van der Waals surface area contributed by atoms with Gasteiger partial charge in [0.15, 0.2) is 0 Å². The summed E-state index contributed by atoms with van der Waals surface area (Å²) in [6, 6.07) is 10.2. The van der Waals surface area contributed by atoms with Crippen molar-refractivity contribution in [1.82, 2.24) is 9.47 Å². The van der Waals surface area contributed by atoms with Crippen molar-refractivity contribution in [3.8, 4) is 0 Å². The molecule has 0 saturated carbocycles. The predicted octanol–water partition coefficient (Wildman–Crippen LogP) is 4.31. The van der Waals surface area contributed by atoms with Crippen LogP contribution in [-0.2, 0) is 6.42 Å². The highest BCUT2D eigenvalue weighted by Crippen LogP contribution is 2.42. The molecule has 2 aliphatic rings. The number of nitrogens with zero attached hydrogens (tertiary/aromatic N) is 2. The van der Waals surface area contributed by atoms with Gasteiger partial charge in [0.05, 0.1) is 6.04 Å². The maximum Gasteiger partial charge on any atom is 0.0503 e. The van der Waals surface area contributed by atoms with Crippen LogP contribution in [0.3, 0.4) is 0 Å². The van der Waals surface area contributed by atoms with E-state index in [1.54, 1.807) is 11.3 Å². The first-order valence-corrected chi connectivity index (χ1v) is 8.13. The van der Waals surface area contributed by atoms with Crippen molar-refractivity contribution in [3.05, 3.63) is 35.5 Å². The molecular formula is C18H24N2. The first-order chi connectivity index (χ1) is 9.77. The molecule has 1 aromatic heterocycles. The SMILES string of the molecule is CC(C)n1c2c(c3ccccc31)CCN1CCCCC21. The molecule has 1 atom stereocenters. The largest absolute Gasteiger partial charge is 0.340 e. The Kier molecular flexibility index (Phi) is 2.88. The second-order valence-corrected chi connectivity index (χ2v) is 6.64. The lowest BCUT2D eigenvalue weighted by Crippen LogP contribution is -2.39. The molecule has 0 spiro atoms. The number of piperidine rings is 1. The summed E-state index contributed by atoms with van der Waals surface area (Å²) in [5, 5.41) is 1.50. The van der Waals surface area contributed by atoms with E-state index in [-0.39, 0.29) is 0 Å². The molecule has 0 radical (unpaired) electrons. The van der Waals surface area contributed by atoms with Crippen molar-refractivity contribution in [2.24, 2.45) is 0 Å². The molecule has 1 aromatic carbocycles. The van der Waals surface area contributed by atoms with Crippen LogP contribution in [0.5, 0.6) is 0 Å². The zero-order valence-corrected chi connectivity index (χ0v) is 12.6. The van der Waals surface area contributed by atoms with Crippen LogP contribution in [0.2, 0.25) is 0 Å². The summed E-state index contributed by atoms with van der Waals surface area (Å²) >= 11 is 0. The van der Waals surface area contributed by atoms with E-state index in [9.17, 15) is 0 Å². The first-order valence-electron chi connectivity index (χ1n) is 8.13. The molecule has 0 amide bonds. The highest BCUT2D eigenvalue weighted by Gasteiger charge is 2.34. The molecule has 20 heavy (non-hydrogen) atoms.